The summed E-state index contributed by atoms with van der Waals surface area (Å²) in [5.41, 5.74) is 1.89. The van der Waals surface area contributed by atoms with Gasteiger partial charge in [-0.25, -0.2) is 9.48 Å². The Balaban J connectivity index is 1.30. The Kier molecular flexibility index (Phi) is 4.87. The minimum Gasteiger partial charge on any atom is -0.336 e. The van der Waals surface area contributed by atoms with Gasteiger partial charge < -0.3 is 10.6 Å². The molecule has 0 atom stereocenters. The van der Waals surface area contributed by atoms with E-state index in [4.69, 9.17) is 0 Å². The van der Waals surface area contributed by atoms with E-state index in [1.807, 2.05) is 24.3 Å². The molecule has 0 aliphatic heterocycles. The molecule has 1 aromatic heterocycles. The van der Waals surface area contributed by atoms with Gasteiger partial charge in [0.05, 0.1) is 12.2 Å². The average Bonchev–Trinajstić information content (AvgIpc) is 3.53. The summed E-state index contributed by atoms with van der Waals surface area (Å²) in [7, 11) is 0. The van der Waals surface area contributed by atoms with Crippen molar-refractivity contribution in [1.29, 1.82) is 0 Å². The number of benzene rings is 2. The standard InChI is InChI=1S/C21H22N4O2/c26-20-11-10-19(16-8-9-16)24-25(20)13-12-22-21(27)23-14-17-6-3-5-15-4-1-2-7-18(15)17/h1-7,10-11,16H,8-9,12-14H2,(H2,22,23,27). The third kappa shape index (κ3) is 4.16. The first-order chi connectivity index (χ1) is 13.2. The molecule has 0 unspecified atom stereocenters. The van der Waals surface area contributed by atoms with Crippen molar-refractivity contribution < 1.29 is 4.79 Å². The molecule has 1 fully saturated rings. The van der Waals surface area contributed by atoms with Crippen molar-refractivity contribution in [2.75, 3.05) is 6.54 Å². The van der Waals surface area contributed by atoms with Crippen LogP contribution in [0.25, 0.3) is 10.8 Å². The van der Waals surface area contributed by atoms with E-state index in [1.54, 1.807) is 12.1 Å². The van der Waals surface area contributed by atoms with Crippen LogP contribution in [0.1, 0.15) is 30.0 Å². The zero-order valence-electron chi connectivity index (χ0n) is 15.0. The second-order valence-electron chi connectivity index (χ2n) is 6.84. The van der Waals surface area contributed by atoms with Crippen molar-refractivity contribution in [2.45, 2.75) is 31.8 Å². The fourth-order valence-electron chi connectivity index (χ4n) is 3.18. The molecule has 2 amide bonds. The maximum atomic E-state index is 12.1. The molecule has 0 bridgehead atoms. The molecule has 4 rings (SSSR count). The highest BCUT2D eigenvalue weighted by Gasteiger charge is 2.25. The largest absolute Gasteiger partial charge is 0.336 e. The summed E-state index contributed by atoms with van der Waals surface area (Å²) in [6.07, 6.45) is 2.28. The molecule has 0 radical (unpaired) electrons. The van der Waals surface area contributed by atoms with Crippen LogP contribution in [0, 0.1) is 0 Å². The van der Waals surface area contributed by atoms with E-state index in [-0.39, 0.29) is 11.6 Å². The van der Waals surface area contributed by atoms with Crippen LogP contribution in [-0.4, -0.2) is 22.4 Å². The first kappa shape index (κ1) is 17.3. The first-order valence-corrected chi connectivity index (χ1v) is 9.27. The van der Waals surface area contributed by atoms with Crippen LogP contribution in [0.4, 0.5) is 4.79 Å². The number of amides is 2. The summed E-state index contributed by atoms with van der Waals surface area (Å²) < 4.78 is 1.43. The number of aromatic nitrogens is 2. The summed E-state index contributed by atoms with van der Waals surface area (Å²) in [6.45, 7) is 1.16. The van der Waals surface area contributed by atoms with Crippen LogP contribution >= 0.6 is 0 Å². The summed E-state index contributed by atoms with van der Waals surface area (Å²) in [4.78, 5) is 24.0. The number of urea groups is 1. The zero-order valence-corrected chi connectivity index (χ0v) is 15.0. The highest BCUT2D eigenvalue weighted by molar-refractivity contribution is 5.86. The Bertz CT molecular complexity index is 1020. The minimum absolute atomic E-state index is 0.141. The smallest absolute Gasteiger partial charge is 0.315 e. The summed E-state index contributed by atoms with van der Waals surface area (Å²) in [6, 6.07) is 17.3. The van der Waals surface area contributed by atoms with E-state index in [0.717, 1.165) is 34.9 Å². The molecule has 0 saturated heterocycles. The van der Waals surface area contributed by atoms with Crippen molar-refractivity contribution in [3.63, 3.8) is 0 Å². The number of carbonyl (C=O) groups is 1. The minimum atomic E-state index is -0.255. The molecule has 3 aromatic rings. The summed E-state index contributed by atoms with van der Waals surface area (Å²) in [5, 5.41) is 12.3. The van der Waals surface area contributed by atoms with Gasteiger partial charge in [-0.1, -0.05) is 42.5 Å². The van der Waals surface area contributed by atoms with Crippen molar-refractivity contribution in [3.8, 4) is 0 Å². The monoisotopic (exact) mass is 362 g/mol. The molecule has 27 heavy (non-hydrogen) atoms. The third-order valence-electron chi connectivity index (χ3n) is 4.81. The molecule has 0 spiro atoms. The van der Waals surface area contributed by atoms with Gasteiger partial charge in [0.1, 0.15) is 0 Å². The molecule has 1 aliphatic rings. The molecule has 6 nitrogen and oxygen atoms in total. The van der Waals surface area contributed by atoms with E-state index in [2.05, 4.69) is 33.9 Å². The first-order valence-electron chi connectivity index (χ1n) is 9.27. The lowest BCUT2D eigenvalue weighted by Crippen LogP contribution is -2.38. The zero-order chi connectivity index (χ0) is 18.6. The maximum Gasteiger partial charge on any atom is 0.315 e. The molecule has 2 N–H and O–H groups in total. The van der Waals surface area contributed by atoms with E-state index in [9.17, 15) is 9.59 Å². The highest BCUT2D eigenvalue weighted by Crippen LogP contribution is 2.38. The van der Waals surface area contributed by atoms with Gasteiger partial charge in [-0.05, 0) is 35.2 Å². The van der Waals surface area contributed by atoms with Crippen molar-refractivity contribution in [1.82, 2.24) is 20.4 Å². The van der Waals surface area contributed by atoms with Gasteiger partial charge in [0.15, 0.2) is 0 Å². The molecule has 1 saturated carbocycles. The Labute approximate surface area is 157 Å². The van der Waals surface area contributed by atoms with Gasteiger partial charge in [0.2, 0.25) is 0 Å². The van der Waals surface area contributed by atoms with Crippen LogP contribution < -0.4 is 16.2 Å². The SMILES string of the molecule is O=C(NCCn1nc(C2CC2)ccc1=O)NCc1cccc2ccccc12. The Morgan fingerprint density at radius 2 is 1.85 bits per heavy atom. The third-order valence-corrected chi connectivity index (χ3v) is 4.81. The van der Waals surface area contributed by atoms with Crippen molar-refractivity contribution in [3.05, 3.63) is 76.2 Å². The van der Waals surface area contributed by atoms with Gasteiger partial charge in [-0.15, -0.1) is 0 Å². The Morgan fingerprint density at radius 3 is 2.70 bits per heavy atom. The molecular weight excluding hydrogens is 340 g/mol. The van der Waals surface area contributed by atoms with Crippen LogP contribution in [-0.2, 0) is 13.1 Å². The van der Waals surface area contributed by atoms with Crippen molar-refractivity contribution in [2.24, 2.45) is 0 Å². The average molecular weight is 362 g/mol. The molecule has 1 aliphatic carbocycles. The Morgan fingerprint density at radius 1 is 1.04 bits per heavy atom. The topological polar surface area (TPSA) is 76.0 Å². The number of fused-ring (bicyclic) bond motifs is 1. The molecule has 6 heteroatoms. The number of carbonyl (C=O) groups excluding carboxylic acids is 1. The number of hydrogen-bond acceptors (Lipinski definition) is 3. The summed E-state index contributed by atoms with van der Waals surface area (Å²) >= 11 is 0. The van der Waals surface area contributed by atoms with Gasteiger partial charge in [-0.3, -0.25) is 4.79 Å². The second-order valence-corrected chi connectivity index (χ2v) is 6.84. The quantitative estimate of drug-likeness (QED) is 0.708. The van der Waals surface area contributed by atoms with Crippen LogP contribution in [0.2, 0.25) is 0 Å². The number of nitrogens with one attached hydrogen (secondary N) is 2. The molecule has 2 aromatic carbocycles. The van der Waals surface area contributed by atoms with Gasteiger partial charge in [0, 0.05) is 25.1 Å². The van der Waals surface area contributed by atoms with Crippen LogP contribution in [0.5, 0.6) is 0 Å². The van der Waals surface area contributed by atoms with E-state index in [1.165, 1.54) is 4.68 Å². The fourth-order valence-corrected chi connectivity index (χ4v) is 3.18. The normalized spacial score (nSPS) is 13.5. The predicted molar refractivity (Wildman–Crippen MR) is 105 cm³/mol. The number of nitrogens with zero attached hydrogens (tertiary/aromatic N) is 2. The van der Waals surface area contributed by atoms with Gasteiger partial charge in [-0.2, -0.15) is 5.10 Å². The fraction of sp³-hybridized carbons (Fsp3) is 0.286. The van der Waals surface area contributed by atoms with Gasteiger partial charge >= 0.3 is 6.03 Å². The lowest BCUT2D eigenvalue weighted by molar-refractivity contribution is 0.240. The Hall–Kier alpha value is -3.15. The van der Waals surface area contributed by atoms with Crippen molar-refractivity contribution >= 4 is 16.8 Å². The van der Waals surface area contributed by atoms with E-state index in [0.29, 0.717) is 25.6 Å². The predicted octanol–water partition coefficient (Wildman–Crippen LogP) is 2.77. The van der Waals surface area contributed by atoms with Crippen LogP contribution in [0.3, 0.4) is 0 Å². The number of hydrogen-bond donors (Lipinski definition) is 2. The number of rotatable bonds is 6. The maximum absolute atomic E-state index is 12.1. The van der Waals surface area contributed by atoms with Crippen LogP contribution in [0.15, 0.2) is 59.4 Å². The molecule has 1 heterocycles. The summed E-state index contributed by atoms with van der Waals surface area (Å²) in [5.74, 6) is 0.494. The lowest BCUT2D eigenvalue weighted by Gasteiger charge is -2.11. The highest BCUT2D eigenvalue weighted by atomic mass is 16.2. The van der Waals surface area contributed by atoms with Gasteiger partial charge in [0.25, 0.3) is 5.56 Å². The lowest BCUT2D eigenvalue weighted by atomic mass is 10.0. The molecular formula is C21H22N4O2. The van der Waals surface area contributed by atoms with E-state index < -0.39 is 0 Å². The molecule has 138 valence electrons. The second kappa shape index (κ2) is 7.61. The van der Waals surface area contributed by atoms with E-state index >= 15 is 0 Å².